The molecule has 0 aromatic heterocycles. The Kier molecular flexibility index (Phi) is 5.67. The van der Waals surface area contributed by atoms with Crippen LogP contribution in [-0.4, -0.2) is 47.2 Å². The molecule has 0 radical (unpaired) electrons. The molecule has 21 heavy (non-hydrogen) atoms. The van der Waals surface area contributed by atoms with Crippen LogP contribution in [0.4, 0.5) is 0 Å². The van der Waals surface area contributed by atoms with E-state index < -0.39 is 11.5 Å². The van der Waals surface area contributed by atoms with Gasteiger partial charge in [-0.25, -0.2) is 0 Å². The van der Waals surface area contributed by atoms with Crippen molar-refractivity contribution in [3.63, 3.8) is 0 Å². The molecule has 1 heterocycles. The smallest absolute Gasteiger partial charge is 0.323 e. The minimum Gasteiger partial charge on any atom is -0.480 e. The number of nitrogens with one attached hydrogen (secondary N) is 1. The highest BCUT2D eigenvalue weighted by molar-refractivity contribution is 5.78. The predicted octanol–water partition coefficient (Wildman–Crippen LogP) is 2.73. The molecule has 2 rings (SSSR count). The first-order valence-electron chi connectivity index (χ1n) is 8.64. The second-order valence-electron chi connectivity index (χ2n) is 7.58. The molecule has 0 aromatic rings. The van der Waals surface area contributed by atoms with E-state index in [9.17, 15) is 9.90 Å². The van der Waals surface area contributed by atoms with Crippen molar-refractivity contribution in [2.75, 3.05) is 19.6 Å². The first-order chi connectivity index (χ1) is 9.90. The van der Waals surface area contributed by atoms with Crippen LogP contribution in [0.25, 0.3) is 0 Å². The van der Waals surface area contributed by atoms with Crippen molar-refractivity contribution in [1.29, 1.82) is 0 Å². The van der Waals surface area contributed by atoms with E-state index in [0.29, 0.717) is 12.5 Å². The van der Waals surface area contributed by atoms with E-state index >= 15 is 0 Å². The average Bonchev–Trinajstić information content (AvgIpc) is 3.22. The molecule has 4 nitrogen and oxygen atoms in total. The molecule has 0 bridgehead atoms. The van der Waals surface area contributed by atoms with Crippen molar-refractivity contribution < 1.29 is 9.90 Å². The number of hydrogen-bond acceptors (Lipinski definition) is 3. The molecule has 0 amide bonds. The number of carboxylic acid groups (broad SMARTS) is 1. The topological polar surface area (TPSA) is 52.6 Å². The summed E-state index contributed by atoms with van der Waals surface area (Å²) >= 11 is 0. The molecular weight excluding hydrogens is 264 g/mol. The molecule has 2 fully saturated rings. The van der Waals surface area contributed by atoms with Gasteiger partial charge in [0.25, 0.3) is 0 Å². The van der Waals surface area contributed by atoms with Gasteiger partial charge in [0.05, 0.1) is 0 Å². The summed E-state index contributed by atoms with van der Waals surface area (Å²) in [5.74, 6) is 0.903. The second-order valence-corrected chi connectivity index (χ2v) is 7.58. The van der Waals surface area contributed by atoms with Gasteiger partial charge in [0.1, 0.15) is 5.54 Å². The number of carbonyl (C=O) groups is 1. The first kappa shape index (κ1) is 16.8. The van der Waals surface area contributed by atoms with Crippen molar-refractivity contribution in [3.05, 3.63) is 0 Å². The zero-order valence-corrected chi connectivity index (χ0v) is 13.9. The van der Waals surface area contributed by atoms with Crippen LogP contribution in [0.3, 0.4) is 0 Å². The maximum absolute atomic E-state index is 11.6. The van der Waals surface area contributed by atoms with Gasteiger partial charge in [-0.1, -0.05) is 13.8 Å². The van der Waals surface area contributed by atoms with Crippen LogP contribution < -0.4 is 5.32 Å². The molecule has 2 aliphatic rings. The van der Waals surface area contributed by atoms with Crippen LogP contribution in [0.2, 0.25) is 0 Å². The van der Waals surface area contributed by atoms with Gasteiger partial charge in [-0.15, -0.1) is 0 Å². The van der Waals surface area contributed by atoms with E-state index in [1.807, 2.05) is 6.92 Å². The van der Waals surface area contributed by atoms with Gasteiger partial charge in [0.2, 0.25) is 0 Å². The second kappa shape index (κ2) is 7.10. The average molecular weight is 296 g/mol. The minimum absolute atomic E-state index is 0.431. The number of nitrogens with zero attached hydrogens (tertiary/aromatic N) is 1. The Balaban J connectivity index is 1.81. The van der Waals surface area contributed by atoms with E-state index in [1.165, 1.54) is 19.3 Å². The fraction of sp³-hybridized carbons (Fsp3) is 0.941. The maximum Gasteiger partial charge on any atom is 0.323 e. The Labute approximate surface area is 129 Å². The van der Waals surface area contributed by atoms with Crippen LogP contribution in [-0.2, 0) is 4.79 Å². The van der Waals surface area contributed by atoms with E-state index in [-0.39, 0.29) is 0 Å². The third kappa shape index (κ3) is 4.96. The predicted molar refractivity (Wildman–Crippen MR) is 85.4 cm³/mol. The number of rotatable bonds is 7. The fourth-order valence-electron chi connectivity index (χ4n) is 3.37. The van der Waals surface area contributed by atoms with Gasteiger partial charge >= 0.3 is 5.97 Å². The molecule has 0 aromatic carbocycles. The minimum atomic E-state index is -0.759. The van der Waals surface area contributed by atoms with Crippen molar-refractivity contribution >= 4 is 5.97 Å². The summed E-state index contributed by atoms with van der Waals surface area (Å²) in [6.45, 7) is 9.64. The Morgan fingerprint density at radius 3 is 2.57 bits per heavy atom. The van der Waals surface area contributed by atoms with Crippen molar-refractivity contribution in [1.82, 2.24) is 10.2 Å². The molecular formula is C17H32N2O2. The molecule has 2 N–H and O–H groups in total. The lowest BCUT2D eigenvalue weighted by Gasteiger charge is -2.30. The van der Waals surface area contributed by atoms with E-state index in [4.69, 9.17) is 0 Å². The van der Waals surface area contributed by atoms with Gasteiger partial charge in [-0.05, 0) is 70.4 Å². The number of hydrogen-bond donors (Lipinski definition) is 2. The van der Waals surface area contributed by atoms with Crippen molar-refractivity contribution in [2.24, 2.45) is 11.8 Å². The number of likely N-dealkylation sites (tertiary alicyclic amines) is 1. The summed E-state index contributed by atoms with van der Waals surface area (Å²) in [5, 5.41) is 12.9. The molecule has 1 saturated heterocycles. The third-order valence-electron chi connectivity index (χ3n) is 5.31. The summed E-state index contributed by atoms with van der Waals surface area (Å²) in [6.07, 6.45) is 6.79. The van der Waals surface area contributed by atoms with E-state index in [2.05, 4.69) is 24.1 Å². The number of carboxylic acids is 1. The Hall–Kier alpha value is -0.610. The van der Waals surface area contributed by atoms with Crippen molar-refractivity contribution in [2.45, 2.75) is 70.9 Å². The summed E-state index contributed by atoms with van der Waals surface area (Å²) in [7, 11) is 0. The van der Waals surface area contributed by atoms with Gasteiger partial charge in [-0.2, -0.15) is 0 Å². The lowest BCUT2D eigenvalue weighted by molar-refractivity contribution is -0.144. The SMILES string of the molecule is CC(C)C1CCCN(CCC(C)(NC2CC2)C(=O)O)CC1. The number of aliphatic carboxylic acids is 1. The molecule has 0 spiro atoms. The maximum atomic E-state index is 11.6. The summed E-state index contributed by atoms with van der Waals surface area (Å²) < 4.78 is 0. The van der Waals surface area contributed by atoms with Gasteiger partial charge in [0, 0.05) is 12.6 Å². The molecule has 4 heteroatoms. The third-order valence-corrected chi connectivity index (χ3v) is 5.31. The van der Waals surface area contributed by atoms with Gasteiger partial charge in [-0.3, -0.25) is 10.1 Å². The molecule has 2 unspecified atom stereocenters. The Morgan fingerprint density at radius 1 is 1.29 bits per heavy atom. The zero-order valence-electron chi connectivity index (χ0n) is 13.9. The van der Waals surface area contributed by atoms with Crippen LogP contribution >= 0.6 is 0 Å². The van der Waals surface area contributed by atoms with Crippen LogP contribution in [0.1, 0.15) is 59.3 Å². The largest absolute Gasteiger partial charge is 0.480 e. The van der Waals surface area contributed by atoms with Crippen LogP contribution in [0.15, 0.2) is 0 Å². The molecule has 1 aliphatic heterocycles. The lowest BCUT2D eigenvalue weighted by Crippen LogP contribution is -2.52. The molecule has 1 aliphatic carbocycles. The normalized spacial score (nSPS) is 27.3. The van der Waals surface area contributed by atoms with Gasteiger partial charge < -0.3 is 10.0 Å². The summed E-state index contributed by atoms with van der Waals surface area (Å²) in [5.41, 5.74) is -0.759. The zero-order chi connectivity index (χ0) is 15.5. The van der Waals surface area contributed by atoms with E-state index in [1.54, 1.807) is 0 Å². The monoisotopic (exact) mass is 296 g/mol. The van der Waals surface area contributed by atoms with Crippen LogP contribution in [0.5, 0.6) is 0 Å². The molecule has 2 atom stereocenters. The molecule has 1 saturated carbocycles. The van der Waals surface area contributed by atoms with E-state index in [0.717, 1.165) is 44.3 Å². The highest BCUT2D eigenvalue weighted by Crippen LogP contribution is 2.27. The standard InChI is InChI=1S/C17H32N2O2/c1-13(2)14-5-4-10-19(11-8-14)12-9-17(3,16(20)21)18-15-6-7-15/h13-15,18H,4-12H2,1-3H3,(H,20,21). The highest BCUT2D eigenvalue weighted by Gasteiger charge is 2.38. The quantitative estimate of drug-likeness (QED) is 0.758. The first-order valence-corrected chi connectivity index (χ1v) is 8.64. The van der Waals surface area contributed by atoms with Gasteiger partial charge in [0.15, 0.2) is 0 Å². The van der Waals surface area contributed by atoms with Crippen LogP contribution in [0, 0.1) is 11.8 Å². The fourth-order valence-corrected chi connectivity index (χ4v) is 3.37. The summed E-state index contributed by atoms with van der Waals surface area (Å²) in [6, 6.07) is 0.431. The summed E-state index contributed by atoms with van der Waals surface area (Å²) in [4.78, 5) is 14.1. The highest BCUT2D eigenvalue weighted by atomic mass is 16.4. The molecule has 122 valence electrons. The Bertz CT molecular complexity index is 355. The lowest BCUT2D eigenvalue weighted by atomic mass is 9.89. The van der Waals surface area contributed by atoms with Crippen molar-refractivity contribution in [3.8, 4) is 0 Å². The Morgan fingerprint density at radius 2 is 2.00 bits per heavy atom.